The van der Waals surface area contributed by atoms with E-state index in [0.29, 0.717) is 16.8 Å². The first-order valence-corrected chi connectivity index (χ1v) is 8.13. The summed E-state index contributed by atoms with van der Waals surface area (Å²) in [6, 6.07) is 15.8. The number of fused-ring (bicyclic) bond motifs is 1. The molecule has 0 aliphatic carbocycles. The molecule has 2 aromatic heterocycles. The summed E-state index contributed by atoms with van der Waals surface area (Å²) in [5.74, 6) is 0.565. The molecule has 2 heterocycles. The van der Waals surface area contributed by atoms with Gasteiger partial charge >= 0.3 is 0 Å². The van der Waals surface area contributed by atoms with Gasteiger partial charge in [-0.2, -0.15) is 5.10 Å². The topological polar surface area (TPSA) is 70.9 Å². The third kappa shape index (κ3) is 2.99. The van der Waals surface area contributed by atoms with Crippen molar-refractivity contribution in [3.8, 4) is 5.69 Å². The molecule has 7 heteroatoms. The Bertz CT molecular complexity index is 1030. The average Bonchev–Trinajstić information content (AvgIpc) is 3.19. The molecule has 4 aromatic rings. The smallest absolute Gasteiger partial charge is 0.222 e. The predicted octanol–water partition coefficient (Wildman–Crippen LogP) is 4.16. The van der Waals surface area contributed by atoms with Crippen LogP contribution in [0.3, 0.4) is 0 Å². The number of aromatic nitrogens is 4. The van der Waals surface area contributed by atoms with Gasteiger partial charge in [-0.1, -0.05) is 41.9 Å². The molecule has 2 aromatic carbocycles. The quantitative estimate of drug-likeness (QED) is 0.429. The second kappa shape index (κ2) is 6.41. The van der Waals surface area contributed by atoms with Crippen LogP contribution in [0.1, 0.15) is 11.3 Å². The van der Waals surface area contributed by atoms with Crippen molar-refractivity contribution in [2.75, 3.05) is 5.43 Å². The van der Waals surface area contributed by atoms with E-state index in [1.165, 1.54) is 0 Å². The summed E-state index contributed by atoms with van der Waals surface area (Å²) in [6.45, 7) is 2.04. The van der Waals surface area contributed by atoms with Crippen molar-refractivity contribution in [1.29, 1.82) is 0 Å². The molecule has 0 radical (unpaired) electrons. The zero-order valence-corrected chi connectivity index (χ0v) is 14.2. The number of rotatable bonds is 4. The molecule has 6 nitrogen and oxygen atoms in total. The molecule has 0 unspecified atom stereocenters. The third-order valence-electron chi connectivity index (χ3n) is 3.88. The van der Waals surface area contributed by atoms with Crippen LogP contribution >= 0.6 is 11.6 Å². The molecular formula is C18H15ClN6. The van der Waals surface area contributed by atoms with Gasteiger partial charge < -0.3 is 4.98 Å². The van der Waals surface area contributed by atoms with E-state index in [9.17, 15) is 0 Å². The van der Waals surface area contributed by atoms with Gasteiger partial charge in [0.15, 0.2) is 5.15 Å². The number of imidazole rings is 2. The first kappa shape index (κ1) is 15.4. The summed E-state index contributed by atoms with van der Waals surface area (Å²) < 4.78 is 1.90. The van der Waals surface area contributed by atoms with Crippen molar-refractivity contribution >= 4 is 34.8 Å². The van der Waals surface area contributed by atoms with E-state index in [4.69, 9.17) is 11.6 Å². The van der Waals surface area contributed by atoms with Crippen LogP contribution in [-0.4, -0.2) is 25.7 Å². The van der Waals surface area contributed by atoms with Gasteiger partial charge in [-0.25, -0.2) is 15.4 Å². The number of aryl methyl sites for hydroxylation is 1. The summed E-state index contributed by atoms with van der Waals surface area (Å²) in [5, 5.41) is 4.63. The molecule has 25 heavy (non-hydrogen) atoms. The highest BCUT2D eigenvalue weighted by Crippen LogP contribution is 2.20. The van der Waals surface area contributed by atoms with Crippen molar-refractivity contribution in [3.63, 3.8) is 0 Å². The summed E-state index contributed by atoms with van der Waals surface area (Å²) in [5.41, 5.74) is 7.54. The van der Waals surface area contributed by atoms with E-state index in [-0.39, 0.29) is 0 Å². The van der Waals surface area contributed by atoms with E-state index in [2.05, 4.69) is 25.5 Å². The van der Waals surface area contributed by atoms with Gasteiger partial charge in [-0.05, 0) is 30.7 Å². The number of anilines is 1. The molecule has 0 saturated carbocycles. The van der Waals surface area contributed by atoms with Gasteiger partial charge in [-0.3, -0.25) is 4.57 Å². The van der Waals surface area contributed by atoms with Crippen LogP contribution in [0.15, 0.2) is 60.0 Å². The highest BCUT2D eigenvalue weighted by molar-refractivity contribution is 6.31. The minimum Gasteiger partial charge on any atom is -0.323 e. The van der Waals surface area contributed by atoms with Crippen LogP contribution < -0.4 is 5.43 Å². The van der Waals surface area contributed by atoms with Crippen molar-refractivity contribution in [1.82, 2.24) is 19.5 Å². The van der Waals surface area contributed by atoms with E-state index in [1.54, 1.807) is 12.5 Å². The van der Waals surface area contributed by atoms with Gasteiger partial charge in [0.05, 0.1) is 22.9 Å². The van der Waals surface area contributed by atoms with Crippen LogP contribution in [0, 0.1) is 6.92 Å². The van der Waals surface area contributed by atoms with Crippen molar-refractivity contribution in [2.24, 2.45) is 5.10 Å². The van der Waals surface area contributed by atoms with Crippen molar-refractivity contribution in [2.45, 2.75) is 6.92 Å². The summed E-state index contributed by atoms with van der Waals surface area (Å²) in [4.78, 5) is 11.7. The Morgan fingerprint density at radius 1 is 1.16 bits per heavy atom. The second-order valence-corrected chi connectivity index (χ2v) is 5.91. The van der Waals surface area contributed by atoms with Crippen LogP contribution in [-0.2, 0) is 0 Å². The summed E-state index contributed by atoms with van der Waals surface area (Å²) in [7, 11) is 0. The monoisotopic (exact) mass is 350 g/mol. The molecule has 0 saturated heterocycles. The third-order valence-corrected chi connectivity index (χ3v) is 4.17. The fourth-order valence-electron chi connectivity index (χ4n) is 2.64. The number of nitrogens with one attached hydrogen (secondary N) is 2. The van der Waals surface area contributed by atoms with Crippen LogP contribution in [0.4, 0.5) is 5.95 Å². The summed E-state index contributed by atoms with van der Waals surface area (Å²) in [6.07, 6.45) is 3.32. The number of para-hydroxylation sites is 3. The summed E-state index contributed by atoms with van der Waals surface area (Å²) >= 11 is 6.22. The number of hydrogen-bond acceptors (Lipinski definition) is 4. The largest absolute Gasteiger partial charge is 0.323 e. The SMILES string of the molecule is Cc1ccccc1-n1cnc(Cl)c1/C=N\Nc1nc2ccccc2[nH]1. The number of aromatic amines is 1. The fraction of sp³-hybridized carbons (Fsp3) is 0.0556. The van der Waals surface area contributed by atoms with Crippen LogP contribution in [0.5, 0.6) is 0 Å². The lowest BCUT2D eigenvalue weighted by Gasteiger charge is -2.08. The lowest BCUT2D eigenvalue weighted by Crippen LogP contribution is -2.02. The van der Waals surface area contributed by atoms with E-state index in [0.717, 1.165) is 22.3 Å². The second-order valence-electron chi connectivity index (χ2n) is 5.55. The number of H-pyrrole nitrogens is 1. The molecule has 124 valence electrons. The van der Waals surface area contributed by atoms with E-state index < -0.39 is 0 Å². The predicted molar refractivity (Wildman–Crippen MR) is 101 cm³/mol. The van der Waals surface area contributed by atoms with Crippen molar-refractivity contribution in [3.05, 3.63) is 71.3 Å². The normalized spacial score (nSPS) is 11.4. The van der Waals surface area contributed by atoms with Gasteiger partial charge in [0, 0.05) is 0 Å². The Labute approximate surface area is 149 Å². The molecule has 0 atom stereocenters. The van der Waals surface area contributed by atoms with Gasteiger partial charge in [0.25, 0.3) is 0 Å². The van der Waals surface area contributed by atoms with E-state index in [1.807, 2.05) is 60.0 Å². The Morgan fingerprint density at radius 2 is 1.96 bits per heavy atom. The maximum absolute atomic E-state index is 6.22. The maximum atomic E-state index is 6.22. The number of halogens is 1. The Hall–Kier alpha value is -3.12. The number of hydrazone groups is 1. The molecule has 4 rings (SSSR count). The van der Waals surface area contributed by atoms with Gasteiger partial charge in [0.2, 0.25) is 5.95 Å². The molecular weight excluding hydrogens is 336 g/mol. The molecule has 0 amide bonds. The van der Waals surface area contributed by atoms with Crippen molar-refractivity contribution < 1.29 is 0 Å². The fourth-order valence-corrected chi connectivity index (χ4v) is 2.82. The van der Waals surface area contributed by atoms with Gasteiger partial charge in [-0.15, -0.1) is 0 Å². The highest BCUT2D eigenvalue weighted by atomic mass is 35.5. The molecule has 0 aliphatic heterocycles. The Balaban J connectivity index is 1.61. The Morgan fingerprint density at radius 3 is 2.80 bits per heavy atom. The van der Waals surface area contributed by atoms with Crippen LogP contribution in [0.2, 0.25) is 5.15 Å². The van der Waals surface area contributed by atoms with E-state index >= 15 is 0 Å². The first-order valence-electron chi connectivity index (χ1n) is 7.75. The zero-order valence-electron chi connectivity index (χ0n) is 13.4. The molecule has 0 aliphatic rings. The standard InChI is InChI=1S/C18H15ClN6/c1-12-6-2-5-9-15(12)25-11-20-17(19)16(25)10-21-24-18-22-13-7-3-4-8-14(13)23-18/h2-11H,1H3,(H2,22,23,24)/b21-10-. The van der Waals surface area contributed by atoms with Crippen LogP contribution in [0.25, 0.3) is 16.7 Å². The molecule has 0 fully saturated rings. The lowest BCUT2D eigenvalue weighted by atomic mass is 10.2. The average molecular weight is 351 g/mol. The molecule has 0 spiro atoms. The zero-order chi connectivity index (χ0) is 17.2. The minimum absolute atomic E-state index is 0.387. The highest BCUT2D eigenvalue weighted by Gasteiger charge is 2.10. The maximum Gasteiger partial charge on any atom is 0.222 e. The first-order chi connectivity index (χ1) is 12.2. The lowest BCUT2D eigenvalue weighted by molar-refractivity contribution is 1.03. The molecule has 2 N–H and O–H groups in total. The Kier molecular flexibility index (Phi) is 3.95. The molecule has 0 bridgehead atoms. The van der Waals surface area contributed by atoms with Gasteiger partial charge in [0.1, 0.15) is 12.0 Å². The number of nitrogens with zero attached hydrogens (tertiary/aromatic N) is 4. The minimum atomic E-state index is 0.387. The number of hydrogen-bond donors (Lipinski definition) is 2. The number of benzene rings is 2.